The molecular formula is C17H18FN3O2S. The fraction of sp³-hybridized carbons (Fsp3) is 0.353. The van der Waals surface area contributed by atoms with Gasteiger partial charge in [0.15, 0.2) is 0 Å². The molecular weight excluding hydrogens is 329 g/mol. The van der Waals surface area contributed by atoms with E-state index in [1.807, 2.05) is 5.38 Å². The Bertz CT molecular complexity index is 709. The third-order valence-corrected chi connectivity index (χ3v) is 4.99. The lowest BCUT2D eigenvalue weighted by Gasteiger charge is -2.32. The van der Waals surface area contributed by atoms with E-state index in [-0.39, 0.29) is 11.7 Å². The van der Waals surface area contributed by atoms with E-state index in [4.69, 9.17) is 0 Å². The minimum atomic E-state index is -0.268. The molecule has 1 aliphatic rings. The van der Waals surface area contributed by atoms with E-state index in [2.05, 4.69) is 4.98 Å². The number of aryl methyl sites for hydroxylation is 1. The molecule has 2 amide bonds. The molecule has 0 radical (unpaired) electrons. The van der Waals surface area contributed by atoms with E-state index in [9.17, 15) is 14.0 Å². The number of hydrogen-bond donors (Lipinski definition) is 0. The maximum absolute atomic E-state index is 13.0. The van der Waals surface area contributed by atoms with Crippen LogP contribution < -0.4 is 0 Å². The maximum Gasteiger partial charge on any atom is 0.223 e. The van der Waals surface area contributed by atoms with Crippen molar-refractivity contribution in [2.24, 2.45) is 0 Å². The molecule has 126 valence electrons. The molecule has 3 rings (SSSR count). The quantitative estimate of drug-likeness (QED) is 0.779. The van der Waals surface area contributed by atoms with Crippen molar-refractivity contribution in [2.45, 2.75) is 12.8 Å². The average Bonchev–Trinajstić information content (AvgIpc) is 3.09. The summed E-state index contributed by atoms with van der Waals surface area (Å²) < 4.78 is 13.0. The van der Waals surface area contributed by atoms with Gasteiger partial charge in [0.05, 0.1) is 5.69 Å². The summed E-state index contributed by atoms with van der Waals surface area (Å²) in [4.78, 5) is 30.9. The zero-order chi connectivity index (χ0) is 16.9. The van der Waals surface area contributed by atoms with Crippen LogP contribution in [0.25, 0.3) is 10.6 Å². The molecule has 1 aromatic carbocycles. The fourth-order valence-corrected chi connectivity index (χ4v) is 3.48. The van der Waals surface area contributed by atoms with Crippen LogP contribution in [0.5, 0.6) is 0 Å². The number of carbonyl (C=O) groups is 2. The van der Waals surface area contributed by atoms with E-state index in [0.29, 0.717) is 39.0 Å². The number of halogens is 1. The van der Waals surface area contributed by atoms with Crippen LogP contribution in [0.4, 0.5) is 4.39 Å². The molecule has 2 aromatic rings. The Hall–Kier alpha value is -2.28. The second-order valence-electron chi connectivity index (χ2n) is 5.67. The summed E-state index contributed by atoms with van der Waals surface area (Å²) in [5.41, 5.74) is 1.75. The molecule has 1 fully saturated rings. The molecule has 0 unspecified atom stereocenters. The number of benzene rings is 1. The fourth-order valence-electron chi connectivity index (χ4n) is 2.62. The van der Waals surface area contributed by atoms with Crippen molar-refractivity contribution in [3.05, 3.63) is 41.2 Å². The smallest absolute Gasteiger partial charge is 0.223 e. The lowest BCUT2D eigenvalue weighted by Crippen LogP contribution is -2.48. The van der Waals surface area contributed by atoms with Gasteiger partial charge in [0.1, 0.15) is 10.8 Å². The summed E-state index contributed by atoms with van der Waals surface area (Å²) in [6.07, 6.45) is 1.83. The lowest BCUT2D eigenvalue weighted by atomic mass is 10.2. The molecule has 24 heavy (non-hydrogen) atoms. The first-order valence-electron chi connectivity index (χ1n) is 7.83. The summed E-state index contributed by atoms with van der Waals surface area (Å²) in [5, 5.41) is 2.77. The van der Waals surface area contributed by atoms with E-state index in [1.165, 1.54) is 23.5 Å². The Labute approximate surface area is 143 Å². The van der Waals surface area contributed by atoms with Crippen LogP contribution in [-0.4, -0.2) is 53.3 Å². The third kappa shape index (κ3) is 3.97. The van der Waals surface area contributed by atoms with Crippen LogP contribution in [0.3, 0.4) is 0 Å². The molecule has 0 atom stereocenters. The number of piperazine rings is 1. The number of thiazole rings is 1. The zero-order valence-electron chi connectivity index (χ0n) is 13.2. The Morgan fingerprint density at radius 3 is 2.58 bits per heavy atom. The van der Waals surface area contributed by atoms with Gasteiger partial charge in [-0.3, -0.25) is 9.59 Å². The Kier molecular flexibility index (Phi) is 5.20. The Morgan fingerprint density at radius 1 is 1.21 bits per heavy atom. The summed E-state index contributed by atoms with van der Waals surface area (Å²) in [6, 6.07) is 6.24. The molecule has 5 nitrogen and oxygen atoms in total. The summed E-state index contributed by atoms with van der Waals surface area (Å²) in [5.74, 6) is -0.173. The van der Waals surface area contributed by atoms with Crippen LogP contribution in [0, 0.1) is 5.82 Å². The van der Waals surface area contributed by atoms with Crippen LogP contribution >= 0.6 is 11.3 Å². The van der Waals surface area contributed by atoms with Crippen molar-refractivity contribution in [3.63, 3.8) is 0 Å². The van der Waals surface area contributed by atoms with Crippen molar-refractivity contribution < 1.29 is 14.0 Å². The van der Waals surface area contributed by atoms with Crippen molar-refractivity contribution in [2.75, 3.05) is 26.2 Å². The summed E-state index contributed by atoms with van der Waals surface area (Å²) in [6.45, 7) is 2.38. The molecule has 1 aliphatic heterocycles. The third-order valence-electron chi connectivity index (χ3n) is 4.05. The highest BCUT2D eigenvalue weighted by molar-refractivity contribution is 7.13. The number of amides is 2. The number of rotatable bonds is 5. The molecule has 1 saturated heterocycles. The van der Waals surface area contributed by atoms with Gasteiger partial charge in [-0.25, -0.2) is 9.37 Å². The van der Waals surface area contributed by atoms with Crippen molar-refractivity contribution in [1.29, 1.82) is 0 Å². The summed E-state index contributed by atoms with van der Waals surface area (Å²) in [7, 11) is 0. The van der Waals surface area contributed by atoms with Gasteiger partial charge in [0, 0.05) is 43.5 Å². The van der Waals surface area contributed by atoms with Crippen LogP contribution in [0.2, 0.25) is 0 Å². The van der Waals surface area contributed by atoms with E-state index < -0.39 is 0 Å². The monoisotopic (exact) mass is 347 g/mol. The van der Waals surface area contributed by atoms with Crippen molar-refractivity contribution in [3.8, 4) is 10.6 Å². The molecule has 0 N–H and O–H groups in total. The Morgan fingerprint density at radius 2 is 1.92 bits per heavy atom. The van der Waals surface area contributed by atoms with Gasteiger partial charge in [-0.1, -0.05) is 0 Å². The topological polar surface area (TPSA) is 53.5 Å². The number of carbonyl (C=O) groups excluding carboxylic acids is 2. The highest BCUT2D eigenvalue weighted by Gasteiger charge is 2.20. The normalized spacial score (nSPS) is 14.7. The Balaban J connectivity index is 1.53. The minimum Gasteiger partial charge on any atom is -0.342 e. The van der Waals surface area contributed by atoms with Gasteiger partial charge in [0.25, 0.3) is 0 Å². The zero-order valence-corrected chi connectivity index (χ0v) is 14.0. The standard InChI is InChI=1S/C17H18FN3O2S/c18-14-3-1-13(2-4-14)17-19-15(11-24-17)5-6-16(23)21-9-7-20(12-22)8-10-21/h1-4,11-12H,5-10H2. The number of nitrogens with zero attached hydrogens (tertiary/aromatic N) is 3. The molecule has 0 spiro atoms. The van der Waals surface area contributed by atoms with Crippen molar-refractivity contribution in [1.82, 2.24) is 14.8 Å². The number of aromatic nitrogens is 1. The van der Waals surface area contributed by atoms with Gasteiger partial charge in [-0.05, 0) is 30.7 Å². The van der Waals surface area contributed by atoms with Gasteiger partial charge in [0.2, 0.25) is 12.3 Å². The highest BCUT2D eigenvalue weighted by Crippen LogP contribution is 2.24. The van der Waals surface area contributed by atoms with E-state index >= 15 is 0 Å². The molecule has 0 saturated carbocycles. The van der Waals surface area contributed by atoms with Crippen LogP contribution in [0.1, 0.15) is 12.1 Å². The average molecular weight is 347 g/mol. The maximum atomic E-state index is 13.0. The minimum absolute atomic E-state index is 0.0943. The first kappa shape index (κ1) is 16.6. The predicted octanol–water partition coefficient (Wildman–Crippen LogP) is 2.18. The molecule has 2 heterocycles. The molecule has 1 aromatic heterocycles. The molecule has 0 aliphatic carbocycles. The second kappa shape index (κ2) is 7.53. The largest absolute Gasteiger partial charge is 0.342 e. The second-order valence-corrected chi connectivity index (χ2v) is 6.53. The molecule has 7 heteroatoms. The SMILES string of the molecule is O=CN1CCN(C(=O)CCc2csc(-c3ccc(F)cc3)n2)CC1. The highest BCUT2D eigenvalue weighted by atomic mass is 32.1. The number of hydrogen-bond acceptors (Lipinski definition) is 4. The van der Waals surface area contributed by atoms with Crippen molar-refractivity contribution >= 4 is 23.7 Å². The summed E-state index contributed by atoms with van der Waals surface area (Å²) >= 11 is 1.50. The van der Waals surface area contributed by atoms with Gasteiger partial charge in [-0.15, -0.1) is 11.3 Å². The van der Waals surface area contributed by atoms with E-state index in [0.717, 1.165) is 22.7 Å². The first-order valence-corrected chi connectivity index (χ1v) is 8.71. The van der Waals surface area contributed by atoms with Crippen LogP contribution in [0.15, 0.2) is 29.6 Å². The van der Waals surface area contributed by atoms with Crippen LogP contribution in [-0.2, 0) is 16.0 Å². The van der Waals surface area contributed by atoms with Gasteiger partial charge in [-0.2, -0.15) is 0 Å². The predicted molar refractivity (Wildman–Crippen MR) is 90.0 cm³/mol. The lowest BCUT2D eigenvalue weighted by molar-refractivity contribution is -0.135. The molecule has 0 bridgehead atoms. The van der Waals surface area contributed by atoms with Gasteiger partial charge < -0.3 is 9.80 Å². The van der Waals surface area contributed by atoms with E-state index in [1.54, 1.807) is 21.9 Å². The van der Waals surface area contributed by atoms with Gasteiger partial charge >= 0.3 is 0 Å². The first-order chi connectivity index (χ1) is 11.7.